The van der Waals surface area contributed by atoms with Crippen molar-refractivity contribution in [3.05, 3.63) is 58.7 Å². The van der Waals surface area contributed by atoms with E-state index in [1.807, 2.05) is 29.2 Å². The molecule has 2 fully saturated rings. The summed E-state index contributed by atoms with van der Waals surface area (Å²) < 4.78 is 36.0. The van der Waals surface area contributed by atoms with Gasteiger partial charge in [-0.2, -0.15) is 12.7 Å². The molecule has 2 aliphatic heterocycles. The molecule has 6 rings (SSSR count). The number of methoxy groups -OCH3 is 1. The van der Waals surface area contributed by atoms with E-state index in [0.717, 1.165) is 57.7 Å². The van der Waals surface area contributed by atoms with Gasteiger partial charge in [0.25, 0.3) is 11.8 Å². The topological polar surface area (TPSA) is 104 Å². The highest BCUT2D eigenvalue weighted by atomic mass is 32.2. The van der Waals surface area contributed by atoms with Gasteiger partial charge in [0.05, 0.1) is 19.3 Å². The van der Waals surface area contributed by atoms with Gasteiger partial charge in [-0.05, 0) is 87.2 Å². The van der Waals surface area contributed by atoms with E-state index in [2.05, 4.69) is 41.2 Å². The molecular formula is C35H45N5O5S. The number of carbonyl (C=O) groups is 2. The molecule has 0 spiro atoms. The summed E-state index contributed by atoms with van der Waals surface area (Å²) >= 11 is 0. The fraction of sp³-hybridized carbons (Fsp3) is 0.486. The predicted octanol–water partition coefficient (Wildman–Crippen LogP) is 4.85. The summed E-state index contributed by atoms with van der Waals surface area (Å²) in [5.41, 5.74) is 5.94. The first kappa shape index (κ1) is 32.3. The SMILES string of the molecule is COc1ccc2c(c1)C=C(C(=O)N1C[C@@H](C)N(C)[C@@H](C)C1)Cn1c-2c(C2CCCCC2)c2ccc(C(=O)NS(=O)(=O)N(C)C)cc21. The fourth-order valence-corrected chi connectivity index (χ4v) is 7.89. The predicted molar refractivity (Wildman–Crippen MR) is 181 cm³/mol. The molecule has 3 heterocycles. The van der Waals surface area contributed by atoms with Crippen LogP contribution in [0.2, 0.25) is 0 Å². The van der Waals surface area contributed by atoms with Crippen molar-refractivity contribution in [2.75, 3.05) is 41.3 Å². The van der Waals surface area contributed by atoms with Crippen molar-refractivity contribution in [2.45, 2.75) is 70.5 Å². The standard InChI is InChI=1S/C35H45N5O5S/c1-22-19-39(20-23(2)38(22)5)35(42)27-16-26-17-28(45-6)13-15-29(26)33-32(24-10-8-7-9-11-24)30-14-12-25(18-31(30)40(33)21-27)34(41)36-46(43,44)37(3)4/h12-18,22-24H,7-11,19-21H2,1-6H3,(H,36,41)/t22-,23+. The number of carbonyl (C=O) groups excluding carboxylic acids is 2. The Kier molecular flexibility index (Phi) is 8.77. The number of likely N-dealkylation sites (N-methyl/N-ethyl adjacent to an activating group) is 1. The van der Waals surface area contributed by atoms with E-state index in [4.69, 9.17) is 4.74 Å². The zero-order chi connectivity index (χ0) is 32.9. The van der Waals surface area contributed by atoms with Crippen LogP contribution in [-0.4, -0.2) is 92.3 Å². The monoisotopic (exact) mass is 647 g/mol. The first-order valence-electron chi connectivity index (χ1n) is 16.2. The summed E-state index contributed by atoms with van der Waals surface area (Å²) in [4.78, 5) is 31.9. The van der Waals surface area contributed by atoms with Crippen LogP contribution in [0.15, 0.2) is 42.0 Å². The number of nitrogens with one attached hydrogen (secondary N) is 1. The molecular weight excluding hydrogens is 602 g/mol. The molecule has 1 aromatic heterocycles. The number of benzene rings is 2. The van der Waals surface area contributed by atoms with Gasteiger partial charge in [0, 0.05) is 66.9 Å². The van der Waals surface area contributed by atoms with Crippen LogP contribution in [0, 0.1) is 0 Å². The van der Waals surface area contributed by atoms with Crippen LogP contribution in [-0.2, 0) is 21.5 Å². The van der Waals surface area contributed by atoms with Crippen LogP contribution in [0.3, 0.4) is 0 Å². The molecule has 0 unspecified atom stereocenters. The second-order valence-corrected chi connectivity index (χ2v) is 15.2. The van der Waals surface area contributed by atoms with E-state index < -0.39 is 16.1 Å². The Balaban J connectivity index is 1.54. The van der Waals surface area contributed by atoms with Crippen LogP contribution in [0.5, 0.6) is 5.75 Å². The number of ether oxygens (including phenoxy) is 1. The number of aromatic nitrogens is 1. The molecule has 3 aliphatic rings. The summed E-state index contributed by atoms with van der Waals surface area (Å²) in [6.45, 7) is 5.90. The van der Waals surface area contributed by atoms with Crippen LogP contribution >= 0.6 is 0 Å². The Morgan fingerprint density at radius 1 is 0.978 bits per heavy atom. The minimum Gasteiger partial charge on any atom is -0.497 e. The maximum absolute atomic E-state index is 14.4. The summed E-state index contributed by atoms with van der Waals surface area (Å²) in [5, 5.41) is 1.03. The molecule has 2 atom stereocenters. The lowest BCUT2D eigenvalue weighted by atomic mass is 9.81. The molecule has 1 saturated carbocycles. The molecule has 2 amide bonds. The number of hydrogen-bond acceptors (Lipinski definition) is 6. The van der Waals surface area contributed by atoms with Crippen LogP contribution < -0.4 is 9.46 Å². The zero-order valence-corrected chi connectivity index (χ0v) is 28.5. The minimum absolute atomic E-state index is 0.000426. The summed E-state index contributed by atoms with van der Waals surface area (Å²) in [6.07, 6.45) is 7.66. The van der Waals surface area contributed by atoms with Gasteiger partial charge in [0.2, 0.25) is 0 Å². The fourth-order valence-electron chi connectivity index (χ4n) is 7.35. The maximum Gasteiger partial charge on any atom is 0.303 e. The normalized spacial score (nSPS) is 21.0. The lowest BCUT2D eigenvalue weighted by Gasteiger charge is -2.42. The van der Waals surface area contributed by atoms with Crippen LogP contribution in [0.1, 0.15) is 73.4 Å². The van der Waals surface area contributed by atoms with Crippen LogP contribution in [0.25, 0.3) is 28.2 Å². The minimum atomic E-state index is -3.97. The first-order valence-corrected chi connectivity index (χ1v) is 17.6. The van der Waals surface area contributed by atoms with Crippen LogP contribution in [0.4, 0.5) is 0 Å². The van der Waals surface area contributed by atoms with Crippen molar-refractivity contribution in [1.82, 2.24) is 23.4 Å². The molecule has 1 N–H and O–H groups in total. The van der Waals surface area contributed by atoms with Crippen molar-refractivity contribution in [3.63, 3.8) is 0 Å². The Hall–Kier alpha value is -3.67. The maximum atomic E-state index is 14.4. The average molecular weight is 648 g/mol. The van der Waals surface area contributed by atoms with Crippen molar-refractivity contribution >= 4 is 39.0 Å². The average Bonchev–Trinajstić information content (AvgIpc) is 3.25. The first-order chi connectivity index (χ1) is 21.9. The van der Waals surface area contributed by atoms with Gasteiger partial charge in [-0.1, -0.05) is 25.3 Å². The Morgan fingerprint density at radius 3 is 2.33 bits per heavy atom. The Bertz CT molecular complexity index is 1810. The zero-order valence-electron chi connectivity index (χ0n) is 27.7. The van der Waals surface area contributed by atoms with Crippen molar-refractivity contribution in [3.8, 4) is 17.0 Å². The second-order valence-electron chi connectivity index (χ2n) is 13.3. The third-order valence-corrected chi connectivity index (χ3v) is 11.6. The lowest BCUT2D eigenvalue weighted by Crippen LogP contribution is -2.56. The Labute approximate surface area is 272 Å². The number of nitrogens with zero attached hydrogens (tertiary/aromatic N) is 4. The number of hydrogen-bond donors (Lipinski definition) is 1. The number of rotatable bonds is 6. The molecule has 2 aromatic carbocycles. The molecule has 0 radical (unpaired) electrons. The third kappa shape index (κ3) is 5.84. The highest BCUT2D eigenvalue weighted by molar-refractivity contribution is 7.87. The van der Waals surface area contributed by atoms with E-state index in [1.54, 1.807) is 19.2 Å². The molecule has 11 heteroatoms. The van der Waals surface area contributed by atoms with Crippen molar-refractivity contribution < 1.29 is 22.7 Å². The van der Waals surface area contributed by atoms with Gasteiger partial charge < -0.3 is 14.2 Å². The van der Waals surface area contributed by atoms with Gasteiger partial charge in [-0.25, -0.2) is 4.72 Å². The number of fused-ring (bicyclic) bond motifs is 5. The molecule has 46 heavy (non-hydrogen) atoms. The number of piperazine rings is 1. The van der Waals surface area contributed by atoms with E-state index in [9.17, 15) is 18.0 Å². The third-order valence-electron chi connectivity index (χ3n) is 10.2. The lowest BCUT2D eigenvalue weighted by molar-refractivity contribution is -0.131. The van der Waals surface area contributed by atoms with Gasteiger partial charge in [0.1, 0.15) is 5.75 Å². The van der Waals surface area contributed by atoms with Gasteiger partial charge in [-0.3, -0.25) is 14.5 Å². The summed E-state index contributed by atoms with van der Waals surface area (Å²) in [6, 6.07) is 11.9. The smallest absolute Gasteiger partial charge is 0.303 e. The highest BCUT2D eigenvalue weighted by Gasteiger charge is 2.34. The second kappa shape index (κ2) is 12.5. The quantitative estimate of drug-likeness (QED) is 0.411. The van der Waals surface area contributed by atoms with Gasteiger partial charge in [0.15, 0.2) is 0 Å². The summed E-state index contributed by atoms with van der Waals surface area (Å²) in [7, 11) is 2.53. The Morgan fingerprint density at radius 2 is 1.67 bits per heavy atom. The molecule has 3 aromatic rings. The van der Waals surface area contributed by atoms with E-state index >= 15 is 0 Å². The van der Waals surface area contributed by atoms with Crippen molar-refractivity contribution in [2.24, 2.45) is 0 Å². The molecule has 1 saturated heterocycles. The molecule has 10 nitrogen and oxygen atoms in total. The van der Waals surface area contributed by atoms with E-state index in [1.165, 1.54) is 26.1 Å². The molecule has 0 bridgehead atoms. The molecule has 246 valence electrons. The van der Waals surface area contributed by atoms with E-state index in [0.29, 0.717) is 36.9 Å². The van der Waals surface area contributed by atoms with Gasteiger partial charge in [-0.15, -0.1) is 0 Å². The van der Waals surface area contributed by atoms with Gasteiger partial charge >= 0.3 is 10.2 Å². The molecule has 1 aliphatic carbocycles. The summed E-state index contributed by atoms with van der Waals surface area (Å²) in [5.74, 6) is 0.346. The highest BCUT2D eigenvalue weighted by Crippen LogP contribution is 2.47. The largest absolute Gasteiger partial charge is 0.497 e. The number of amides is 2. The van der Waals surface area contributed by atoms with Crippen molar-refractivity contribution in [1.29, 1.82) is 0 Å². The van der Waals surface area contributed by atoms with E-state index in [-0.39, 0.29) is 23.6 Å².